The summed E-state index contributed by atoms with van der Waals surface area (Å²) in [7, 11) is -3.91. The van der Waals surface area contributed by atoms with E-state index in [0.717, 1.165) is 28.2 Å². The predicted octanol–water partition coefficient (Wildman–Crippen LogP) is 4.86. The minimum atomic E-state index is -3.91. The normalized spacial score (nSPS) is 11.2. The highest BCUT2D eigenvalue weighted by Gasteiger charge is 2.28. The van der Waals surface area contributed by atoms with Gasteiger partial charge in [-0.2, -0.15) is 11.8 Å². The molecule has 174 valence electrons. The SMILES string of the molecule is Cc1ccc(S(=O)(=O)N(CC(=O)NCCSCc2ccccc2)c2ccc(C)cc2C)cc1. The topological polar surface area (TPSA) is 66.5 Å². The van der Waals surface area contributed by atoms with Gasteiger partial charge in [0.05, 0.1) is 10.6 Å². The molecule has 0 aromatic heterocycles. The third-order valence-corrected chi connectivity index (χ3v) is 8.00. The number of nitrogens with zero attached hydrogens (tertiary/aromatic N) is 1. The first kappa shape index (κ1) is 24.9. The Kier molecular flexibility index (Phi) is 8.58. The highest BCUT2D eigenvalue weighted by Crippen LogP contribution is 2.27. The van der Waals surface area contributed by atoms with Crippen molar-refractivity contribution in [3.05, 3.63) is 95.1 Å². The molecule has 0 radical (unpaired) electrons. The number of aryl methyl sites for hydroxylation is 3. The average Bonchev–Trinajstić information content (AvgIpc) is 2.78. The fraction of sp³-hybridized carbons (Fsp3) is 0.269. The number of carbonyl (C=O) groups excluding carboxylic acids is 1. The minimum Gasteiger partial charge on any atom is -0.354 e. The van der Waals surface area contributed by atoms with Crippen LogP contribution in [0.3, 0.4) is 0 Å². The van der Waals surface area contributed by atoms with Crippen LogP contribution >= 0.6 is 11.8 Å². The van der Waals surface area contributed by atoms with Crippen LogP contribution in [0.5, 0.6) is 0 Å². The van der Waals surface area contributed by atoms with E-state index < -0.39 is 10.0 Å². The molecule has 0 aliphatic heterocycles. The van der Waals surface area contributed by atoms with Crippen molar-refractivity contribution < 1.29 is 13.2 Å². The van der Waals surface area contributed by atoms with Gasteiger partial charge in [-0.05, 0) is 50.1 Å². The molecule has 0 saturated carbocycles. The van der Waals surface area contributed by atoms with Crippen LogP contribution in [0, 0.1) is 20.8 Å². The van der Waals surface area contributed by atoms with Crippen molar-refractivity contribution in [2.75, 3.05) is 23.1 Å². The van der Waals surface area contributed by atoms with Crippen molar-refractivity contribution in [3.8, 4) is 0 Å². The van der Waals surface area contributed by atoms with Crippen LogP contribution in [0.4, 0.5) is 5.69 Å². The molecule has 0 bridgehead atoms. The lowest BCUT2D eigenvalue weighted by molar-refractivity contribution is -0.119. The monoisotopic (exact) mass is 482 g/mol. The van der Waals surface area contributed by atoms with Gasteiger partial charge in [-0.25, -0.2) is 8.42 Å². The third-order valence-electron chi connectivity index (χ3n) is 5.20. The Morgan fingerprint density at radius 1 is 0.909 bits per heavy atom. The first-order chi connectivity index (χ1) is 15.8. The van der Waals surface area contributed by atoms with E-state index in [1.54, 1.807) is 42.1 Å². The van der Waals surface area contributed by atoms with Gasteiger partial charge in [-0.3, -0.25) is 9.10 Å². The second-order valence-corrected chi connectivity index (χ2v) is 11.0. The van der Waals surface area contributed by atoms with Crippen LogP contribution < -0.4 is 9.62 Å². The molecule has 0 aliphatic rings. The molecule has 1 amide bonds. The lowest BCUT2D eigenvalue weighted by Gasteiger charge is -2.26. The maximum Gasteiger partial charge on any atom is 0.264 e. The van der Waals surface area contributed by atoms with Crippen molar-refractivity contribution in [2.45, 2.75) is 31.4 Å². The van der Waals surface area contributed by atoms with E-state index in [0.29, 0.717) is 12.2 Å². The van der Waals surface area contributed by atoms with E-state index >= 15 is 0 Å². The van der Waals surface area contributed by atoms with E-state index in [-0.39, 0.29) is 17.3 Å². The van der Waals surface area contributed by atoms with Gasteiger partial charge in [0.25, 0.3) is 10.0 Å². The summed E-state index contributed by atoms with van der Waals surface area (Å²) in [5.74, 6) is 1.29. The molecule has 0 unspecified atom stereocenters. The summed E-state index contributed by atoms with van der Waals surface area (Å²) in [6.07, 6.45) is 0. The van der Waals surface area contributed by atoms with Crippen molar-refractivity contribution in [1.82, 2.24) is 5.32 Å². The van der Waals surface area contributed by atoms with Gasteiger partial charge in [0.2, 0.25) is 5.91 Å². The fourth-order valence-corrected chi connectivity index (χ4v) is 5.74. The molecule has 33 heavy (non-hydrogen) atoms. The Morgan fingerprint density at radius 2 is 1.58 bits per heavy atom. The highest BCUT2D eigenvalue weighted by atomic mass is 32.2. The summed E-state index contributed by atoms with van der Waals surface area (Å²) in [6.45, 7) is 5.92. The molecule has 5 nitrogen and oxygen atoms in total. The largest absolute Gasteiger partial charge is 0.354 e. The second-order valence-electron chi connectivity index (χ2n) is 8.00. The van der Waals surface area contributed by atoms with Crippen molar-refractivity contribution in [1.29, 1.82) is 0 Å². The molecule has 0 heterocycles. The molecular formula is C26H30N2O3S2. The maximum absolute atomic E-state index is 13.5. The van der Waals surface area contributed by atoms with Gasteiger partial charge in [0, 0.05) is 18.1 Å². The lowest BCUT2D eigenvalue weighted by atomic mass is 10.1. The first-order valence-electron chi connectivity index (χ1n) is 10.8. The Labute approximate surface area is 201 Å². The maximum atomic E-state index is 13.5. The Morgan fingerprint density at radius 3 is 2.24 bits per heavy atom. The van der Waals surface area contributed by atoms with Gasteiger partial charge in [-0.1, -0.05) is 65.7 Å². The second kappa shape index (κ2) is 11.4. The predicted molar refractivity (Wildman–Crippen MR) is 137 cm³/mol. The Bertz CT molecular complexity index is 1180. The number of amides is 1. The minimum absolute atomic E-state index is 0.166. The number of benzene rings is 3. The molecule has 0 saturated heterocycles. The van der Waals surface area contributed by atoms with Gasteiger partial charge in [0.15, 0.2) is 0 Å². The molecule has 3 rings (SSSR count). The number of thioether (sulfide) groups is 1. The van der Waals surface area contributed by atoms with E-state index in [2.05, 4.69) is 17.4 Å². The number of sulfonamides is 1. The van der Waals surface area contributed by atoms with Crippen LogP contribution in [-0.4, -0.2) is 33.2 Å². The molecule has 3 aromatic carbocycles. The quantitative estimate of drug-likeness (QED) is 0.419. The molecular weight excluding hydrogens is 452 g/mol. The standard InChI is InChI=1S/C26H30N2O3S2/c1-20-9-12-24(13-10-20)33(30,31)28(25-14-11-21(2)17-22(25)3)18-26(29)27-15-16-32-19-23-7-5-4-6-8-23/h4-14,17H,15-16,18-19H2,1-3H3,(H,27,29). The van der Waals surface area contributed by atoms with E-state index in [4.69, 9.17) is 0 Å². The van der Waals surface area contributed by atoms with Crippen LogP contribution in [0.2, 0.25) is 0 Å². The molecule has 0 atom stereocenters. The highest BCUT2D eigenvalue weighted by molar-refractivity contribution is 7.98. The van der Waals surface area contributed by atoms with Crippen LogP contribution in [0.15, 0.2) is 77.7 Å². The number of anilines is 1. The van der Waals surface area contributed by atoms with Gasteiger partial charge < -0.3 is 5.32 Å². The first-order valence-corrected chi connectivity index (χ1v) is 13.4. The number of rotatable bonds is 10. The Hall–Kier alpha value is -2.77. The fourth-order valence-electron chi connectivity index (χ4n) is 3.44. The smallest absolute Gasteiger partial charge is 0.264 e. The van der Waals surface area contributed by atoms with Crippen LogP contribution in [0.1, 0.15) is 22.3 Å². The van der Waals surface area contributed by atoms with Crippen molar-refractivity contribution >= 4 is 33.4 Å². The zero-order chi connectivity index (χ0) is 23.8. The molecule has 7 heteroatoms. The van der Waals surface area contributed by atoms with Crippen LogP contribution in [0.25, 0.3) is 0 Å². The number of hydrogen-bond donors (Lipinski definition) is 1. The summed E-state index contributed by atoms with van der Waals surface area (Å²) in [4.78, 5) is 12.9. The molecule has 1 N–H and O–H groups in total. The molecule has 0 fully saturated rings. The molecule has 0 aliphatic carbocycles. The van der Waals surface area contributed by atoms with Gasteiger partial charge in [0.1, 0.15) is 6.54 Å². The summed E-state index contributed by atoms with van der Waals surface area (Å²) < 4.78 is 28.2. The number of hydrogen-bond acceptors (Lipinski definition) is 4. The summed E-state index contributed by atoms with van der Waals surface area (Å²) in [6, 6.07) is 22.4. The van der Waals surface area contributed by atoms with Gasteiger partial charge in [-0.15, -0.1) is 0 Å². The summed E-state index contributed by atoms with van der Waals surface area (Å²) in [5.41, 5.74) is 4.55. The zero-order valence-corrected chi connectivity index (χ0v) is 20.9. The van der Waals surface area contributed by atoms with Crippen molar-refractivity contribution in [2.24, 2.45) is 0 Å². The summed E-state index contributed by atoms with van der Waals surface area (Å²) >= 11 is 1.72. The van der Waals surface area contributed by atoms with Crippen molar-refractivity contribution in [3.63, 3.8) is 0 Å². The summed E-state index contributed by atoms with van der Waals surface area (Å²) in [5, 5.41) is 2.87. The molecule has 0 spiro atoms. The zero-order valence-electron chi connectivity index (χ0n) is 19.2. The third kappa shape index (κ3) is 6.85. The van der Waals surface area contributed by atoms with E-state index in [1.807, 2.05) is 51.1 Å². The number of carbonyl (C=O) groups is 1. The number of nitrogens with one attached hydrogen (secondary N) is 1. The average molecular weight is 483 g/mol. The van der Waals surface area contributed by atoms with E-state index in [1.165, 1.54) is 9.87 Å². The van der Waals surface area contributed by atoms with E-state index in [9.17, 15) is 13.2 Å². The molecule has 3 aromatic rings. The van der Waals surface area contributed by atoms with Gasteiger partial charge >= 0.3 is 0 Å². The van der Waals surface area contributed by atoms with Crippen LogP contribution in [-0.2, 0) is 20.6 Å². The lowest BCUT2D eigenvalue weighted by Crippen LogP contribution is -2.41. The Balaban J connectivity index is 1.70.